The van der Waals surface area contributed by atoms with Crippen molar-refractivity contribution in [1.82, 2.24) is 10.6 Å². The summed E-state index contributed by atoms with van der Waals surface area (Å²) in [5.74, 6) is -0.538. The first kappa shape index (κ1) is 19.9. The van der Waals surface area contributed by atoms with Crippen LogP contribution in [0.5, 0.6) is 0 Å². The summed E-state index contributed by atoms with van der Waals surface area (Å²) in [6, 6.07) is 22.0. The summed E-state index contributed by atoms with van der Waals surface area (Å²) < 4.78 is 0. The van der Waals surface area contributed by atoms with E-state index in [0.29, 0.717) is 27.7 Å². The van der Waals surface area contributed by atoms with Gasteiger partial charge in [0.2, 0.25) is 0 Å². The number of hydrogen-bond acceptors (Lipinski definition) is 2. The highest BCUT2D eigenvalue weighted by molar-refractivity contribution is 6.35. The Morgan fingerprint density at radius 3 is 2.00 bits per heavy atom. The van der Waals surface area contributed by atoms with Gasteiger partial charge in [-0.25, -0.2) is 0 Å². The molecular weight excluding hydrogens is 395 g/mol. The lowest BCUT2D eigenvalue weighted by atomic mass is 10.0. The summed E-state index contributed by atoms with van der Waals surface area (Å²) in [5, 5.41) is 6.24. The largest absolute Gasteiger partial charge is 0.350 e. The molecule has 142 valence electrons. The van der Waals surface area contributed by atoms with Crippen LogP contribution >= 0.6 is 23.2 Å². The Balaban J connectivity index is 1.49. The van der Waals surface area contributed by atoms with Crippen LogP contribution < -0.4 is 10.6 Å². The van der Waals surface area contributed by atoms with Crippen LogP contribution in [0, 0.1) is 0 Å². The molecule has 0 aromatic heterocycles. The van der Waals surface area contributed by atoms with Gasteiger partial charge in [-0.15, -0.1) is 0 Å². The Labute approximate surface area is 173 Å². The smallest absolute Gasteiger partial charge is 0.252 e. The van der Waals surface area contributed by atoms with E-state index in [2.05, 4.69) is 10.6 Å². The molecule has 28 heavy (non-hydrogen) atoms. The molecule has 2 N–H and O–H groups in total. The van der Waals surface area contributed by atoms with Gasteiger partial charge in [0.15, 0.2) is 0 Å². The van der Waals surface area contributed by atoms with Crippen LogP contribution in [-0.4, -0.2) is 24.9 Å². The van der Waals surface area contributed by atoms with E-state index in [1.807, 2.05) is 42.5 Å². The van der Waals surface area contributed by atoms with Gasteiger partial charge in [0.1, 0.15) is 0 Å². The first-order valence-electron chi connectivity index (χ1n) is 8.71. The summed E-state index contributed by atoms with van der Waals surface area (Å²) in [5.41, 5.74) is 3.00. The van der Waals surface area contributed by atoms with Gasteiger partial charge in [-0.2, -0.15) is 0 Å². The van der Waals surface area contributed by atoms with Gasteiger partial charge in [-0.1, -0.05) is 65.7 Å². The lowest BCUT2D eigenvalue weighted by molar-refractivity contribution is 0.0928. The quantitative estimate of drug-likeness (QED) is 0.570. The highest BCUT2D eigenvalue weighted by Crippen LogP contribution is 2.20. The Morgan fingerprint density at radius 1 is 0.714 bits per heavy atom. The molecule has 3 rings (SSSR count). The van der Waals surface area contributed by atoms with Gasteiger partial charge in [0.25, 0.3) is 11.8 Å². The van der Waals surface area contributed by atoms with E-state index < -0.39 is 0 Å². The molecule has 3 aromatic rings. The van der Waals surface area contributed by atoms with Gasteiger partial charge in [0, 0.05) is 23.7 Å². The van der Waals surface area contributed by atoms with Crippen molar-refractivity contribution in [2.75, 3.05) is 13.1 Å². The molecule has 0 aliphatic rings. The van der Waals surface area contributed by atoms with Crippen LogP contribution in [0.2, 0.25) is 10.0 Å². The molecule has 0 saturated heterocycles. The third-order valence-corrected chi connectivity index (χ3v) is 4.69. The van der Waals surface area contributed by atoms with E-state index in [4.69, 9.17) is 23.2 Å². The van der Waals surface area contributed by atoms with E-state index in [9.17, 15) is 9.59 Å². The summed E-state index contributed by atoms with van der Waals surface area (Å²) in [7, 11) is 0. The van der Waals surface area contributed by atoms with E-state index in [1.165, 1.54) is 6.07 Å². The van der Waals surface area contributed by atoms with Gasteiger partial charge in [-0.05, 0) is 41.5 Å². The molecule has 0 unspecified atom stereocenters. The Kier molecular flexibility index (Phi) is 6.69. The zero-order valence-corrected chi connectivity index (χ0v) is 16.4. The number of carbonyl (C=O) groups excluding carboxylic acids is 2. The number of benzene rings is 3. The summed E-state index contributed by atoms with van der Waals surface area (Å²) in [6.45, 7) is 0.568. The van der Waals surface area contributed by atoms with Crippen molar-refractivity contribution >= 4 is 35.0 Å². The molecule has 0 aliphatic heterocycles. The molecule has 0 heterocycles. The molecule has 2 amide bonds. The summed E-state index contributed by atoms with van der Waals surface area (Å²) >= 11 is 11.9. The van der Waals surface area contributed by atoms with Gasteiger partial charge in [-0.3, -0.25) is 9.59 Å². The number of hydrogen-bond donors (Lipinski definition) is 2. The molecular formula is C22H18Cl2N2O2. The van der Waals surface area contributed by atoms with Crippen LogP contribution in [0.15, 0.2) is 72.8 Å². The van der Waals surface area contributed by atoms with Crippen LogP contribution in [0.25, 0.3) is 11.1 Å². The molecule has 6 heteroatoms. The van der Waals surface area contributed by atoms with Gasteiger partial charge < -0.3 is 10.6 Å². The molecule has 4 nitrogen and oxygen atoms in total. The van der Waals surface area contributed by atoms with Crippen molar-refractivity contribution in [2.45, 2.75) is 0 Å². The summed E-state index contributed by atoms with van der Waals surface area (Å²) in [6.07, 6.45) is 0. The summed E-state index contributed by atoms with van der Waals surface area (Å²) in [4.78, 5) is 24.4. The van der Waals surface area contributed by atoms with E-state index in [-0.39, 0.29) is 18.4 Å². The second-order valence-electron chi connectivity index (χ2n) is 6.08. The minimum Gasteiger partial charge on any atom is -0.350 e. The third kappa shape index (κ3) is 5.12. The van der Waals surface area contributed by atoms with Crippen molar-refractivity contribution in [3.05, 3.63) is 94.0 Å². The average molecular weight is 413 g/mol. The number of carbonyl (C=O) groups is 2. The van der Waals surface area contributed by atoms with E-state index in [1.54, 1.807) is 24.3 Å². The lowest BCUT2D eigenvalue weighted by Gasteiger charge is -2.09. The van der Waals surface area contributed by atoms with E-state index >= 15 is 0 Å². The fourth-order valence-corrected chi connectivity index (χ4v) is 3.04. The first-order chi connectivity index (χ1) is 13.5. The first-order valence-corrected chi connectivity index (χ1v) is 9.47. The molecule has 0 saturated carbocycles. The minimum absolute atomic E-state index is 0.199. The van der Waals surface area contributed by atoms with Crippen LogP contribution in [0.3, 0.4) is 0 Å². The minimum atomic E-state index is -0.339. The second kappa shape index (κ2) is 9.40. The molecule has 0 fully saturated rings. The number of nitrogens with one attached hydrogen (secondary N) is 2. The Morgan fingerprint density at radius 2 is 1.32 bits per heavy atom. The van der Waals surface area contributed by atoms with Crippen LogP contribution in [-0.2, 0) is 0 Å². The zero-order chi connectivity index (χ0) is 19.9. The second-order valence-corrected chi connectivity index (χ2v) is 6.92. The number of halogens is 2. The number of amides is 2. The molecule has 0 aliphatic carbocycles. The highest BCUT2D eigenvalue weighted by Gasteiger charge is 2.11. The fraction of sp³-hybridized carbons (Fsp3) is 0.0909. The van der Waals surface area contributed by atoms with Crippen molar-refractivity contribution < 1.29 is 9.59 Å². The van der Waals surface area contributed by atoms with Crippen LogP contribution in [0.4, 0.5) is 0 Å². The van der Waals surface area contributed by atoms with Gasteiger partial charge >= 0.3 is 0 Å². The van der Waals surface area contributed by atoms with Crippen molar-refractivity contribution in [2.24, 2.45) is 0 Å². The molecule has 0 radical (unpaired) electrons. The molecule has 0 atom stereocenters. The van der Waals surface area contributed by atoms with Gasteiger partial charge in [0.05, 0.1) is 10.6 Å². The molecule has 0 spiro atoms. The lowest BCUT2D eigenvalue weighted by Crippen LogP contribution is -2.34. The SMILES string of the molecule is O=C(NCCNC(=O)c1cc(Cl)ccc1Cl)c1ccc(-c2ccccc2)cc1. The normalized spacial score (nSPS) is 10.4. The van der Waals surface area contributed by atoms with E-state index in [0.717, 1.165) is 11.1 Å². The maximum atomic E-state index is 12.2. The standard InChI is InChI=1S/C22H18Cl2N2O2/c23-18-10-11-20(24)19(14-18)22(28)26-13-12-25-21(27)17-8-6-16(7-9-17)15-4-2-1-3-5-15/h1-11,14H,12-13H2,(H,25,27)(H,26,28). The predicted molar refractivity (Wildman–Crippen MR) is 113 cm³/mol. The Hall–Kier alpha value is -2.82. The predicted octanol–water partition coefficient (Wildman–Crippen LogP) is 4.82. The Bertz CT molecular complexity index is 974. The average Bonchev–Trinajstić information content (AvgIpc) is 2.73. The van der Waals surface area contributed by atoms with Crippen molar-refractivity contribution in [3.8, 4) is 11.1 Å². The van der Waals surface area contributed by atoms with Crippen molar-refractivity contribution in [3.63, 3.8) is 0 Å². The monoisotopic (exact) mass is 412 g/mol. The molecule has 0 bridgehead atoms. The van der Waals surface area contributed by atoms with Crippen molar-refractivity contribution in [1.29, 1.82) is 0 Å². The molecule has 3 aromatic carbocycles. The zero-order valence-electron chi connectivity index (χ0n) is 14.9. The number of rotatable bonds is 6. The highest BCUT2D eigenvalue weighted by atomic mass is 35.5. The third-order valence-electron chi connectivity index (χ3n) is 4.12. The topological polar surface area (TPSA) is 58.2 Å². The maximum absolute atomic E-state index is 12.2. The fourth-order valence-electron chi connectivity index (χ4n) is 2.67. The van der Waals surface area contributed by atoms with Crippen LogP contribution in [0.1, 0.15) is 20.7 Å². The maximum Gasteiger partial charge on any atom is 0.252 e.